The summed E-state index contributed by atoms with van der Waals surface area (Å²) >= 11 is 0. The molecule has 0 aromatic heterocycles. The van der Waals surface area contributed by atoms with Gasteiger partial charge in [0.1, 0.15) is 12.2 Å². The van der Waals surface area contributed by atoms with E-state index in [4.69, 9.17) is 18.9 Å². The SMILES string of the molecule is CCCOCC(C)OC(=O)OC(C)COCCC. The lowest BCUT2D eigenvalue weighted by molar-refractivity contribution is -0.0388. The van der Waals surface area contributed by atoms with Crippen molar-refractivity contribution in [3.8, 4) is 0 Å². The van der Waals surface area contributed by atoms with E-state index in [9.17, 15) is 4.79 Å². The van der Waals surface area contributed by atoms with Crippen LogP contribution in [0.15, 0.2) is 0 Å². The molecule has 0 saturated heterocycles. The number of rotatable bonds is 10. The van der Waals surface area contributed by atoms with Gasteiger partial charge in [-0.15, -0.1) is 0 Å². The van der Waals surface area contributed by atoms with E-state index in [-0.39, 0.29) is 12.2 Å². The van der Waals surface area contributed by atoms with Crippen molar-refractivity contribution in [2.45, 2.75) is 52.7 Å². The fourth-order valence-corrected chi connectivity index (χ4v) is 1.21. The Labute approximate surface area is 110 Å². The van der Waals surface area contributed by atoms with Gasteiger partial charge in [0.15, 0.2) is 0 Å². The van der Waals surface area contributed by atoms with Crippen LogP contribution < -0.4 is 0 Å². The number of hydrogen-bond acceptors (Lipinski definition) is 5. The molecule has 5 heteroatoms. The molecule has 0 aromatic rings. The quantitative estimate of drug-likeness (QED) is 0.447. The molecule has 108 valence electrons. The molecule has 0 aliphatic carbocycles. The Morgan fingerprint density at radius 2 is 1.28 bits per heavy atom. The van der Waals surface area contributed by atoms with E-state index in [1.165, 1.54) is 0 Å². The molecule has 18 heavy (non-hydrogen) atoms. The minimum Gasteiger partial charge on any atom is -0.429 e. The van der Waals surface area contributed by atoms with Gasteiger partial charge in [0, 0.05) is 13.2 Å². The van der Waals surface area contributed by atoms with Crippen molar-refractivity contribution < 1.29 is 23.7 Å². The summed E-state index contributed by atoms with van der Waals surface area (Å²) in [5, 5.41) is 0. The first-order chi connectivity index (χ1) is 8.60. The third kappa shape index (κ3) is 10.4. The minimum atomic E-state index is -0.671. The molecule has 0 saturated carbocycles. The lowest BCUT2D eigenvalue weighted by Gasteiger charge is -2.16. The van der Waals surface area contributed by atoms with Gasteiger partial charge in [-0.25, -0.2) is 4.79 Å². The van der Waals surface area contributed by atoms with Gasteiger partial charge < -0.3 is 18.9 Å². The van der Waals surface area contributed by atoms with Crippen LogP contribution in [0.3, 0.4) is 0 Å². The van der Waals surface area contributed by atoms with Crippen molar-refractivity contribution in [1.29, 1.82) is 0 Å². The van der Waals surface area contributed by atoms with Crippen molar-refractivity contribution in [2.24, 2.45) is 0 Å². The summed E-state index contributed by atoms with van der Waals surface area (Å²) in [6.07, 6.45) is 0.627. The standard InChI is InChI=1S/C13H26O5/c1-5-7-15-9-11(3)17-13(14)18-12(4)10-16-8-6-2/h11-12H,5-10H2,1-4H3. The highest BCUT2D eigenvalue weighted by Crippen LogP contribution is 2.00. The first-order valence-corrected chi connectivity index (χ1v) is 6.62. The van der Waals surface area contributed by atoms with Crippen molar-refractivity contribution in [3.63, 3.8) is 0 Å². The van der Waals surface area contributed by atoms with Crippen LogP contribution in [0.2, 0.25) is 0 Å². The molecule has 0 aromatic carbocycles. The minimum absolute atomic E-state index is 0.298. The molecule has 0 rings (SSSR count). The first-order valence-electron chi connectivity index (χ1n) is 6.62. The summed E-state index contributed by atoms with van der Waals surface area (Å²) < 4.78 is 20.6. The van der Waals surface area contributed by atoms with Gasteiger partial charge in [0.25, 0.3) is 0 Å². The lowest BCUT2D eigenvalue weighted by Crippen LogP contribution is -2.26. The van der Waals surface area contributed by atoms with Crippen LogP contribution in [0.5, 0.6) is 0 Å². The molecule has 2 atom stereocenters. The predicted octanol–water partition coefficient (Wildman–Crippen LogP) is 2.77. The van der Waals surface area contributed by atoms with Gasteiger partial charge in [-0.2, -0.15) is 0 Å². The van der Waals surface area contributed by atoms with E-state index in [1.54, 1.807) is 13.8 Å². The molecule has 0 amide bonds. The normalized spacial score (nSPS) is 14.0. The van der Waals surface area contributed by atoms with Crippen LogP contribution in [0.4, 0.5) is 4.79 Å². The molecular formula is C13H26O5. The Balaban J connectivity index is 3.61. The Morgan fingerprint density at radius 1 is 0.889 bits per heavy atom. The molecular weight excluding hydrogens is 236 g/mol. The molecule has 2 unspecified atom stereocenters. The zero-order chi connectivity index (χ0) is 13.8. The monoisotopic (exact) mass is 262 g/mol. The molecule has 0 aliphatic rings. The topological polar surface area (TPSA) is 54.0 Å². The fourth-order valence-electron chi connectivity index (χ4n) is 1.21. The Kier molecular flexibility index (Phi) is 10.8. The van der Waals surface area contributed by atoms with E-state index in [0.29, 0.717) is 26.4 Å². The second kappa shape index (κ2) is 11.3. The highest BCUT2D eigenvalue weighted by atomic mass is 16.7. The molecule has 5 nitrogen and oxygen atoms in total. The van der Waals surface area contributed by atoms with Crippen LogP contribution in [-0.4, -0.2) is 44.8 Å². The van der Waals surface area contributed by atoms with E-state index >= 15 is 0 Å². The third-order valence-corrected chi connectivity index (χ3v) is 2.00. The summed E-state index contributed by atoms with van der Waals surface area (Å²) in [6.45, 7) is 9.72. The van der Waals surface area contributed by atoms with Gasteiger partial charge >= 0.3 is 6.16 Å². The zero-order valence-corrected chi connectivity index (χ0v) is 11.9. The molecule has 0 heterocycles. The largest absolute Gasteiger partial charge is 0.508 e. The number of ether oxygens (including phenoxy) is 4. The van der Waals surface area contributed by atoms with Crippen molar-refractivity contribution in [2.75, 3.05) is 26.4 Å². The molecule has 0 N–H and O–H groups in total. The summed E-state index contributed by atoms with van der Waals surface area (Å²) in [4.78, 5) is 11.4. The molecule has 0 spiro atoms. The van der Waals surface area contributed by atoms with Crippen LogP contribution in [0.1, 0.15) is 40.5 Å². The van der Waals surface area contributed by atoms with Crippen LogP contribution in [0, 0.1) is 0 Å². The number of hydrogen-bond donors (Lipinski definition) is 0. The second-order valence-electron chi connectivity index (χ2n) is 4.26. The molecule has 0 fully saturated rings. The first kappa shape index (κ1) is 17.2. The van der Waals surface area contributed by atoms with Crippen molar-refractivity contribution in [3.05, 3.63) is 0 Å². The smallest absolute Gasteiger partial charge is 0.429 e. The third-order valence-electron chi connectivity index (χ3n) is 2.00. The van der Waals surface area contributed by atoms with E-state index in [1.807, 2.05) is 13.8 Å². The van der Waals surface area contributed by atoms with Gasteiger partial charge in [0.2, 0.25) is 0 Å². The molecule has 0 radical (unpaired) electrons. The number of carbonyl (C=O) groups excluding carboxylic acids is 1. The summed E-state index contributed by atoms with van der Waals surface area (Å²) in [6, 6.07) is 0. The molecule has 0 bridgehead atoms. The van der Waals surface area contributed by atoms with Gasteiger partial charge in [-0.3, -0.25) is 0 Å². The van der Waals surface area contributed by atoms with E-state index in [2.05, 4.69) is 0 Å². The Bertz CT molecular complexity index is 188. The summed E-state index contributed by atoms with van der Waals surface area (Å²) in [5.74, 6) is 0. The summed E-state index contributed by atoms with van der Waals surface area (Å²) in [7, 11) is 0. The number of carbonyl (C=O) groups is 1. The Morgan fingerprint density at radius 3 is 1.61 bits per heavy atom. The van der Waals surface area contributed by atoms with Crippen LogP contribution in [-0.2, 0) is 18.9 Å². The highest BCUT2D eigenvalue weighted by molar-refractivity contribution is 5.60. The maximum absolute atomic E-state index is 11.4. The van der Waals surface area contributed by atoms with Gasteiger partial charge in [0.05, 0.1) is 13.2 Å². The highest BCUT2D eigenvalue weighted by Gasteiger charge is 2.14. The second-order valence-corrected chi connectivity index (χ2v) is 4.26. The van der Waals surface area contributed by atoms with E-state index < -0.39 is 6.16 Å². The maximum Gasteiger partial charge on any atom is 0.508 e. The maximum atomic E-state index is 11.4. The van der Waals surface area contributed by atoms with Crippen molar-refractivity contribution in [1.82, 2.24) is 0 Å². The predicted molar refractivity (Wildman–Crippen MR) is 68.7 cm³/mol. The zero-order valence-electron chi connectivity index (χ0n) is 11.9. The van der Waals surface area contributed by atoms with Gasteiger partial charge in [-0.05, 0) is 26.7 Å². The van der Waals surface area contributed by atoms with Crippen LogP contribution >= 0.6 is 0 Å². The van der Waals surface area contributed by atoms with Crippen LogP contribution in [0.25, 0.3) is 0 Å². The molecule has 0 aliphatic heterocycles. The average molecular weight is 262 g/mol. The van der Waals surface area contributed by atoms with Crippen molar-refractivity contribution >= 4 is 6.16 Å². The van der Waals surface area contributed by atoms with E-state index in [0.717, 1.165) is 12.8 Å². The average Bonchev–Trinajstić information content (AvgIpc) is 2.29. The Hall–Kier alpha value is -0.810. The summed E-state index contributed by atoms with van der Waals surface area (Å²) in [5.41, 5.74) is 0. The fraction of sp³-hybridized carbons (Fsp3) is 0.923. The van der Waals surface area contributed by atoms with Gasteiger partial charge in [-0.1, -0.05) is 13.8 Å². The lowest BCUT2D eigenvalue weighted by atomic mass is 10.4.